The Hall–Kier alpha value is -2.96. The van der Waals surface area contributed by atoms with Crippen molar-refractivity contribution in [2.45, 2.75) is 31.7 Å². The number of halogens is 1. The molecule has 4 rings (SSSR count). The third-order valence-electron chi connectivity index (χ3n) is 4.37. The van der Waals surface area contributed by atoms with Crippen molar-refractivity contribution in [3.63, 3.8) is 0 Å². The van der Waals surface area contributed by atoms with Gasteiger partial charge in [-0.1, -0.05) is 12.5 Å². The summed E-state index contributed by atoms with van der Waals surface area (Å²) in [6, 6.07) is 9.44. The SMILES string of the molecule is O=C(Cn1cccc1-c1nnc(C2CCC2)o1)Nc1cccc(F)c1. The van der Waals surface area contributed by atoms with Crippen LogP contribution < -0.4 is 5.32 Å². The lowest BCUT2D eigenvalue weighted by atomic mass is 9.85. The molecule has 128 valence electrons. The van der Waals surface area contributed by atoms with Crippen LogP contribution in [0.25, 0.3) is 11.6 Å². The number of nitrogens with one attached hydrogen (secondary N) is 1. The van der Waals surface area contributed by atoms with Gasteiger partial charge in [-0.2, -0.15) is 0 Å². The number of benzene rings is 1. The van der Waals surface area contributed by atoms with Gasteiger partial charge >= 0.3 is 0 Å². The zero-order valence-corrected chi connectivity index (χ0v) is 13.5. The van der Waals surface area contributed by atoms with Crippen LogP contribution in [0.15, 0.2) is 47.0 Å². The fourth-order valence-corrected chi connectivity index (χ4v) is 2.83. The third kappa shape index (κ3) is 3.31. The van der Waals surface area contributed by atoms with Crippen LogP contribution in [0.5, 0.6) is 0 Å². The van der Waals surface area contributed by atoms with Crippen LogP contribution in [-0.4, -0.2) is 20.7 Å². The van der Waals surface area contributed by atoms with Gasteiger partial charge in [0.1, 0.15) is 18.1 Å². The minimum absolute atomic E-state index is 0.0694. The molecule has 1 amide bonds. The number of nitrogens with zero attached hydrogens (tertiary/aromatic N) is 3. The molecule has 1 aromatic carbocycles. The minimum Gasteiger partial charge on any atom is -0.419 e. The summed E-state index contributed by atoms with van der Waals surface area (Å²) in [5.74, 6) is 0.778. The Morgan fingerprint density at radius 3 is 2.92 bits per heavy atom. The van der Waals surface area contributed by atoms with Gasteiger partial charge in [-0.25, -0.2) is 4.39 Å². The molecule has 1 aliphatic rings. The summed E-state index contributed by atoms with van der Waals surface area (Å²) >= 11 is 0. The van der Waals surface area contributed by atoms with Gasteiger partial charge < -0.3 is 14.3 Å². The molecule has 0 saturated heterocycles. The highest BCUT2D eigenvalue weighted by Gasteiger charge is 2.26. The minimum atomic E-state index is -0.395. The van der Waals surface area contributed by atoms with Crippen LogP contribution in [0.3, 0.4) is 0 Å². The van der Waals surface area contributed by atoms with E-state index in [1.165, 1.54) is 18.6 Å². The van der Waals surface area contributed by atoms with E-state index in [1.807, 2.05) is 12.1 Å². The molecular formula is C18H17FN4O2. The lowest BCUT2D eigenvalue weighted by Gasteiger charge is -2.20. The molecule has 1 aliphatic carbocycles. The number of hydrogen-bond acceptors (Lipinski definition) is 4. The van der Waals surface area contributed by atoms with Gasteiger partial charge in [-0.3, -0.25) is 4.79 Å². The van der Waals surface area contributed by atoms with Crippen molar-refractivity contribution < 1.29 is 13.6 Å². The largest absolute Gasteiger partial charge is 0.419 e. The van der Waals surface area contributed by atoms with E-state index >= 15 is 0 Å². The van der Waals surface area contributed by atoms with E-state index in [1.54, 1.807) is 22.9 Å². The standard InChI is InChI=1S/C18H17FN4O2/c19-13-6-2-7-14(10-13)20-16(24)11-23-9-3-8-15(23)18-22-21-17(25-18)12-4-1-5-12/h2-3,6-10,12H,1,4-5,11H2,(H,20,24). The summed E-state index contributed by atoms with van der Waals surface area (Å²) in [7, 11) is 0. The summed E-state index contributed by atoms with van der Waals surface area (Å²) in [5.41, 5.74) is 1.11. The van der Waals surface area contributed by atoms with Gasteiger partial charge in [0.25, 0.3) is 5.89 Å². The quantitative estimate of drug-likeness (QED) is 0.770. The second-order valence-corrected chi connectivity index (χ2v) is 6.15. The third-order valence-corrected chi connectivity index (χ3v) is 4.37. The van der Waals surface area contributed by atoms with Crippen LogP contribution in [0.4, 0.5) is 10.1 Å². The second kappa shape index (κ2) is 6.51. The fourth-order valence-electron chi connectivity index (χ4n) is 2.83. The first-order chi connectivity index (χ1) is 12.2. The van der Waals surface area contributed by atoms with Crippen LogP contribution >= 0.6 is 0 Å². The average molecular weight is 340 g/mol. The van der Waals surface area contributed by atoms with Crippen molar-refractivity contribution in [3.05, 3.63) is 54.3 Å². The lowest BCUT2D eigenvalue weighted by molar-refractivity contribution is -0.116. The number of aromatic nitrogens is 3. The molecule has 7 heteroatoms. The molecular weight excluding hydrogens is 323 g/mol. The number of rotatable bonds is 5. The molecule has 0 bridgehead atoms. The molecule has 25 heavy (non-hydrogen) atoms. The van der Waals surface area contributed by atoms with Crippen LogP contribution in [0.1, 0.15) is 31.1 Å². The maximum atomic E-state index is 13.2. The number of hydrogen-bond donors (Lipinski definition) is 1. The van der Waals surface area contributed by atoms with Gasteiger partial charge in [0, 0.05) is 17.8 Å². The Balaban J connectivity index is 1.47. The number of carbonyl (C=O) groups excluding carboxylic acids is 1. The smallest absolute Gasteiger partial charge is 0.264 e. The van der Waals surface area contributed by atoms with E-state index in [4.69, 9.17) is 4.42 Å². The lowest BCUT2D eigenvalue weighted by Crippen LogP contribution is -2.18. The van der Waals surface area contributed by atoms with E-state index in [9.17, 15) is 9.18 Å². The van der Waals surface area contributed by atoms with E-state index in [0.29, 0.717) is 29.1 Å². The molecule has 2 heterocycles. The number of carbonyl (C=O) groups is 1. The van der Waals surface area contributed by atoms with Gasteiger partial charge in [0.15, 0.2) is 0 Å². The Labute approximate surface area is 143 Å². The van der Waals surface area contributed by atoms with Crippen LogP contribution in [0.2, 0.25) is 0 Å². The fraction of sp³-hybridized carbons (Fsp3) is 0.278. The van der Waals surface area contributed by atoms with Crippen molar-refractivity contribution >= 4 is 11.6 Å². The maximum absolute atomic E-state index is 13.2. The molecule has 1 N–H and O–H groups in total. The predicted molar refractivity (Wildman–Crippen MR) is 89.3 cm³/mol. The first kappa shape index (κ1) is 15.6. The highest BCUT2D eigenvalue weighted by molar-refractivity contribution is 5.90. The van der Waals surface area contributed by atoms with Gasteiger partial charge in [-0.05, 0) is 43.2 Å². The molecule has 0 aliphatic heterocycles. The van der Waals surface area contributed by atoms with Crippen LogP contribution in [0, 0.1) is 5.82 Å². The summed E-state index contributed by atoms with van der Waals surface area (Å²) < 4.78 is 20.7. The van der Waals surface area contributed by atoms with Crippen molar-refractivity contribution in [1.82, 2.24) is 14.8 Å². The number of amides is 1. The Morgan fingerprint density at radius 1 is 1.28 bits per heavy atom. The molecule has 0 radical (unpaired) electrons. The molecule has 0 atom stereocenters. The zero-order valence-electron chi connectivity index (χ0n) is 13.5. The molecule has 3 aromatic rings. The average Bonchev–Trinajstić information content (AvgIpc) is 3.14. The summed E-state index contributed by atoms with van der Waals surface area (Å²) in [6.45, 7) is 0.0694. The van der Waals surface area contributed by atoms with Crippen molar-refractivity contribution in [1.29, 1.82) is 0 Å². The molecule has 2 aromatic heterocycles. The second-order valence-electron chi connectivity index (χ2n) is 6.15. The first-order valence-corrected chi connectivity index (χ1v) is 8.23. The Bertz CT molecular complexity index is 898. The Kier molecular flexibility index (Phi) is 4.05. The molecule has 1 fully saturated rings. The Morgan fingerprint density at radius 2 is 2.16 bits per heavy atom. The van der Waals surface area contributed by atoms with Crippen LogP contribution in [-0.2, 0) is 11.3 Å². The van der Waals surface area contributed by atoms with Gasteiger partial charge in [0.2, 0.25) is 11.8 Å². The maximum Gasteiger partial charge on any atom is 0.264 e. The molecule has 0 unspecified atom stereocenters. The zero-order chi connectivity index (χ0) is 17.2. The monoisotopic (exact) mass is 340 g/mol. The van der Waals surface area contributed by atoms with E-state index in [2.05, 4.69) is 15.5 Å². The summed E-state index contributed by atoms with van der Waals surface area (Å²) in [4.78, 5) is 12.2. The summed E-state index contributed by atoms with van der Waals surface area (Å²) in [5, 5.41) is 10.9. The van der Waals surface area contributed by atoms with Gasteiger partial charge in [0.05, 0.1) is 0 Å². The van der Waals surface area contributed by atoms with Gasteiger partial charge in [-0.15, -0.1) is 10.2 Å². The van der Waals surface area contributed by atoms with E-state index in [-0.39, 0.29) is 12.5 Å². The highest BCUT2D eigenvalue weighted by atomic mass is 19.1. The normalized spacial score (nSPS) is 14.3. The van der Waals surface area contributed by atoms with E-state index < -0.39 is 5.82 Å². The van der Waals surface area contributed by atoms with Crippen molar-refractivity contribution in [2.75, 3.05) is 5.32 Å². The summed E-state index contributed by atoms with van der Waals surface area (Å²) in [6.07, 6.45) is 5.13. The predicted octanol–water partition coefficient (Wildman–Crippen LogP) is 3.58. The first-order valence-electron chi connectivity index (χ1n) is 8.23. The van der Waals surface area contributed by atoms with Crippen molar-refractivity contribution in [3.8, 4) is 11.6 Å². The molecule has 1 saturated carbocycles. The highest BCUT2D eigenvalue weighted by Crippen LogP contribution is 2.36. The molecule has 6 nitrogen and oxygen atoms in total. The van der Waals surface area contributed by atoms with E-state index in [0.717, 1.165) is 12.8 Å². The number of anilines is 1. The molecule has 0 spiro atoms. The topological polar surface area (TPSA) is 73.0 Å². The van der Waals surface area contributed by atoms with Crippen molar-refractivity contribution in [2.24, 2.45) is 0 Å².